The molecule has 0 aliphatic rings. The van der Waals surface area contributed by atoms with E-state index in [1.54, 1.807) is 24.3 Å². The molecule has 0 aliphatic heterocycles. The Bertz CT molecular complexity index is 1210. The third-order valence-electron chi connectivity index (χ3n) is 4.17. The monoisotopic (exact) mass is 399 g/mol. The molecule has 0 saturated heterocycles. The van der Waals surface area contributed by atoms with Crippen molar-refractivity contribution in [2.45, 2.75) is 0 Å². The highest BCUT2D eigenvalue weighted by Crippen LogP contribution is 2.30. The van der Waals surface area contributed by atoms with Crippen LogP contribution in [0.5, 0.6) is 0 Å². The number of fused-ring (bicyclic) bond motifs is 1. The van der Waals surface area contributed by atoms with Gasteiger partial charge in [-0.05, 0) is 36.4 Å². The Kier molecular flexibility index (Phi) is 4.40. The third kappa shape index (κ3) is 3.03. The fourth-order valence-corrected chi connectivity index (χ4v) is 2.94. The molecule has 0 amide bonds. The number of nitrogen functional groups attached to an aromatic ring is 1. The number of carbonyl (C=O) groups is 1. The number of ketones is 1. The van der Waals surface area contributed by atoms with Gasteiger partial charge in [0.15, 0.2) is 5.82 Å². The van der Waals surface area contributed by atoms with Gasteiger partial charge >= 0.3 is 0 Å². The third-order valence-corrected chi connectivity index (χ3v) is 4.42. The van der Waals surface area contributed by atoms with Crippen LogP contribution >= 0.6 is 11.6 Å². The van der Waals surface area contributed by atoms with Crippen LogP contribution in [0, 0.1) is 11.6 Å². The first-order valence-electron chi connectivity index (χ1n) is 8.08. The molecule has 0 atom stereocenters. The van der Waals surface area contributed by atoms with Crippen LogP contribution < -0.4 is 11.1 Å². The van der Waals surface area contributed by atoms with Crippen molar-refractivity contribution in [1.82, 2.24) is 15.0 Å². The van der Waals surface area contributed by atoms with Crippen molar-refractivity contribution in [2.75, 3.05) is 11.1 Å². The van der Waals surface area contributed by atoms with Crippen molar-refractivity contribution in [2.24, 2.45) is 0 Å². The summed E-state index contributed by atoms with van der Waals surface area (Å²) in [6.45, 7) is 0. The van der Waals surface area contributed by atoms with Crippen LogP contribution in [0.15, 0.2) is 48.9 Å². The molecule has 0 bridgehead atoms. The summed E-state index contributed by atoms with van der Waals surface area (Å²) in [6.07, 6.45) is 2.63. The molecular weight excluding hydrogens is 388 g/mol. The van der Waals surface area contributed by atoms with Gasteiger partial charge in [0.05, 0.1) is 22.2 Å². The van der Waals surface area contributed by atoms with Gasteiger partial charge in [-0.1, -0.05) is 11.6 Å². The number of aromatic amines is 1. The molecule has 0 aliphatic carbocycles. The molecule has 0 fully saturated rings. The standard InChI is InChI=1S/C19H12ClF2N5O/c20-9-1-3-10(4-2-9)27-19-14-11(7-24-18(14)25-8-26-19)17(28)15-12(21)5-6-13(23)16(15)22/h1-8H,23H2,(H2,24,25,26,27). The highest BCUT2D eigenvalue weighted by molar-refractivity contribution is 6.30. The quantitative estimate of drug-likeness (QED) is 0.348. The maximum Gasteiger partial charge on any atom is 0.201 e. The molecule has 28 heavy (non-hydrogen) atoms. The number of nitrogens with two attached hydrogens (primary N) is 1. The van der Waals surface area contributed by atoms with Crippen molar-refractivity contribution < 1.29 is 13.6 Å². The van der Waals surface area contributed by atoms with Crippen molar-refractivity contribution in [1.29, 1.82) is 0 Å². The van der Waals surface area contributed by atoms with Crippen molar-refractivity contribution in [3.05, 3.63) is 76.7 Å². The number of rotatable bonds is 4. The van der Waals surface area contributed by atoms with Gasteiger partial charge < -0.3 is 16.0 Å². The highest BCUT2D eigenvalue weighted by Gasteiger charge is 2.25. The van der Waals surface area contributed by atoms with Gasteiger partial charge in [0.25, 0.3) is 0 Å². The van der Waals surface area contributed by atoms with Gasteiger partial charge in [-0.2, -0.15) is 0 Å². The zero-order valence-electron chi connectivity index (χ0n) is 14.1. The summed E-state index contributed by atoms with van der Waals surface area (Å²) in [7, 11) is 0. The number of carbonyl (C=O) groups excluding carboxylic acids is 1. The Balaban J connectivity index is 1.84. The minimum Gasteiger partial charge on any atom is -0.396 e. The number of halogens is 3. The van der Waals surface area contributed by atoms with E-state index in [4.69, 9.17) is 17.3 Å². The number of benzene rings is 2. The van der Waals surface area contributed by atoms with E-state index in [0.717, 1.165) is 12.1 Å². The lowest BCUT2D eigenvalue weighted by Crippen LogP contribution is -2.10. The van der Waals surface area contributed by atoms with Crippen LogP contribution in [0.3, 0.4) is 0 Å². The van der Waals surface area contributed by atoms with E-state index in [0.29, 0.717) is 27.6 Å². The van der Waals surface area contributed by atoms with E-state index in [1.807, 2.05) is 0 Å². The summed E-state index contributed by atoms with van der Waals surface area (Å²) < 4.78 is 28.5. The molecule has 2 aromatic carbocycles. The van der Waals surface area contributed by atoms with E-state index >= 15 is 0 Å². The molecule has 0 unspecified atom stereocenters. The van der Waals surface area contributed by atoms with Crippen LogP contribution in [0.4, 0.5) is 26.0 Å². The number of nitrogens with one attached hydrogen (secondary N) is 2. The summed E-state index contributed by atoms with van der Waals surface area (Å²) >= 11 is 5.88. The molecule has 4 N–H and O–H groups in total. The van der Waals surface area contributed by atoms with Crippen LogP contribution in [-0.2, 0) is 0 Å². The van der Waals surface area contributed by atoms with Gasteiger partial charge in [0, 0.05) is 16.9 Å². The summed E-state index contributed by atoms with van der Waals surface area (Å²) in [6, 6.07) is 8.83. The number of aromatic nitrogens is 3. The summed E-state index contributed by atoms with van der Waals surface area (Å²) in [5, 5.41) is 3.91. The Morgan fingerprint density at radius 1 is 1.11 bits per heavy atom. The molecule has 2 heterocycles. The molecule has 140 valence electrons. The number of H-pyrrole nitrogens is 1. The second-order valence-electron chi connectivity index (χ2n) is 5.93. The number of hydrogen-bond donors (Lipinski definition) is 3. The van der Waals surface area contributed by atoms with Crippen LogP contribution in [0.1, 0.15) is 15.9 Å². The average molecular weight is 400 g/mol. The predicted molar refractivity (Wildman–Crippen MR) is 103 cm³/mol. The van der Waals surface area contributed by atoms with Gasteiger partial charge in [0.2, 0.25) is 5.78 Å². The SMILES string of the molecule is Nc1ccc(F)c(C(=O)c2c[nH]c3ncnc(Nc4ccc(Cl)cc4)c23)c1F. The zero-order chi connectivity index (χ0) is 19.8. The molecule has 4 aromatic rings. The lowest BCUT2D eigenvalue weighted by Gasteiger charge is -2.09. The first kappa shape index (κ1) is 17.9. The smallest absolute Gasteiger partial charge is 0.201 e. The molecule has 9 heteroatoms. The first-order chi connectivity index (χ1) is 13.5. The predicted octanol–water partition coefficient (Wildman–Crippen LogP) is 4.45. The fraction of sp³-hybridized carbons (Fsp3) is 0. The first-order valence-corrected chi connectivity index (χ1v) is 8.46. The zero-order valence-corrected chi connectivity index (χ0v) is 14.9. The minimum absolute atomic E-state index is 0.00969. The topological polar surface area (TPSA) is 96.7 Å². The fourth-order valence-electron chi connectivity index (χ4n) is 2.82. The van der Waals surface area contributed by atoms with E-state index in [-0.39, 0.29) is 11.3 Å². The van der Waals surface area contributed by atoms with E-state index in [9.17, 15) is 13.6 Å². The van der Waals surface area contributed by atoms with Gasteiger partial charge in [-0.25, -0.2) is 18.7 Å². The number of hydrogen-bond acceptors (Lipinski definition) is 5. The van der Waals surface area contributed by atoms with Crippen LogP contribution in [-0.4, -0.2) is 20.7 Å². The Morgan fingerprint density at radius 3 is 2.61 bits per heavy atom. The summed E-state index contributed by atoms with van der Waals surface area (Å²) in [5.41, 5.74) is 5.44. The Hall–Kier alpha value is -3.52. The second kappa shape index (κ2) is 6.90. The maximum absolute atomic E-state index is 14.3. The molecule has 4 rings (SSSR count). The summed E-state index contributed by atoms with van der Waals surface area (Å²) in [5.74, 6) is -2.69. The maximum atomic E-state index is 14.3. The van der Waals surface area contributed by atoms with E-state index < -0.39 is 23.0 Å². The summed E-state index contributed by atoms with van der Waals surface area (Å²) in [4.78, 5) is 23.9. The number of anilines is 3. The van der Waals surface area contributed by atoms with Crippen molar-refractivity contribution >= 4 is 45.6 Å². The molecule has 0 saturated carbocycles. The minimum atomic E-state index is -1.11. The van der Waals surface area contributed by atoms with Gasteiger partial charge in [-0.3, -0.25) is 4.79 Å². The van der Waals surface area contributed by atoms with Crippen molar-refractivity contribution in [3.63, 3.8) is 0 Å². The van der Waals surface area contributed by atoms with E-state index in [1.165, 1.54) is 12.5 Å². The van der Waals surface area contributed by atoms with E-state index in [2.05, 4.69) is 20.3 Å². The molecule has 6 nitrogen and oxygen atoms in total. The van der Waals surface area contributed by atoms with Gasteiger partial charge in [-0.15, -0.1) is 0 Å². The molecule has 2 aromatic heterocycles. The largest absolute Gasteiger partial charge is 0.396 e. The molecular formula is C19H12ClF2N5O. The lowest BCUT2D eigenvalue weighted by molar-refractivity contribution is 0.103. The van der Waals surface area contributed by atoms with Crippen LogP contribution in [0.25, 0.3) is 11.0 Å². The van der Waals surface area contributed by atoms with Gasteiger partial charge in [0.1, 0.15) is 23.6 Å². The Labute approximate surface area is 162 Å². The number of nitrogens with zero attached hydrogens (tertiary/aromatic N) is 2. The average Bonchev–Trinajstić information content (AvgIpc) is 3.12. The molecule has 0 spiro atoms. The second-order valence-corrected chi connectivity index (χ2v) is 6.37. The normalized spacial score (nSPS) is 11.0. The van der Waals surface area contributed by atoms with Crippen molar-refractivity contribution in [3.8, 4) is 0 Å². The highest BCUT2D eigenvalue weighted by atomic mass is 35.5. The molecule has 0 radical (unpaired) electrons. The lowest BCUT2D eigenvalue weighted by atomic mass is 10.0. The van der Waals surface area contributed by atoms with Crippen LogP contribution in [0.2, 0.25) is 5.02 Å². The Morgan fingerprint density at radius 2 is 1.86 bits per heavy atom.